The number of halogens is 4. The third-order valence-electron chi connectivity index (χ3n) is 3.65. The van der Waals surface area contributed by atoms with Gasteiger partial charge in [-0.2, -0.15) is 17.6 Å². The van der Waals surface area contributed by atoms with E-state index in [1.807, 2.05) is 0 Å². The normalized spacial score (nSPS) is 13.0. The molecule has 1 heterocycles. The Morgan fingerprint density at radius 2 is 1.69 bits per heavy atom. The van der Waals surface area contributed by atoms with Gasteiger partial charge in [-0.25, -0.2) is 0 Å². The molecule has 0 radical (unpaired) electrons. The van der Waals surface area contributed by atoms with Crippen molar-refractivity contribution in [3.8, 4) is 23.0 Å². The molecule has 10 heteroatoms. The maximum atomic E-state index is 12.6. The van der Waals surface area contributed by atoms with E-state index in [0.717, 1.165) is 18.2 Å². The van der Waals surface area contributed by atoms with Gasteiger partial charge in [0.25, 0.3) is 0 Å². The van der Waals surface area contributed by atoms with Crippen LogP contribution in [0.15, 0.2) is 42.5 Å². The standard InChI is InChI=1S/C19H15F4NO5/c20-18(21)28-13-4-1-11(15(10-13)29-19(22)23)2-6-17(25)24-12-3-5-14-16(9-12)27-8-7-26-14/h1-6,9-10,18-19H,7-8H2,(H,24,25)/b6-2+. The van der Waals surface area contributed by atoms with Crippen molar-refractivity contribution in [2.75, 3.05) is 18.5 Å². The van der Waals surface area contributed by atoms with Gasteiger partial charge in [-0.1, -0.05) is 0 Å². The molecular formula is C19H15F4NO5. The number of amides is 1. The highest BCUT2D eigenvalue weighted by atomic mass is 19.3. The summed E-state index contributed by atoms with van der Waals surface area (Å²) in [5.74, 6) is -0.280. The van der Waals surface area contributed by atoms with E-state index >= 15 is 0 Å². The van der Waals surface area contributed by atoms with Crippen molar-refractivity contribution >= 4 is 17.7 Å². The van der Waals surface area contributed by atoms with Crippen LogP contribution in [0.2, 0.25) is 0 Å². The summed E-state index contributed by atoms with van der Waals surface area (Å²) in [6, 6.07) is 8.08. The highest BCUT2D eigenvalue weighted by Gasteiger charge is 2.14. The van der Waals surface area contributed by atoms with Crippen molar-refractivity contribution < 1.29 is 41.3 Å². The van der Waals surface area contributed by atoms with Crippen molar-refractivity contribution in [2.45, 2.75) is 13.2 Å². The van der Waals surface area contributed by atoms with Crippen LogP contribution in [0, 0.1) is 0 Å². The third-order valence-corrected chi connectivity index (χ3v) is 3.65. The van der Waals surface area contributed by atoms with E-state index in [0.29, 0.717) is 30.4 Å². The second-order valence-corrected chi connectivity index (χ2v) is 5.64. The number of nitrogens with one attached hydrogen (secondary N) is 1. The maximum Gasteiger partial charge on any atom is 0.387 e. The third kappa shape index (κ3) is 5.77. The first-order chi connectivity index (χ1) is 13.9. The van der Waals surface area contributed by atoms with Crippen LogP contribution in [0.5, 0.6) is 23.0 Å². The number of alkyl halides is 4. The van der Waals surface area contributed by atoms with Crippen LogP contribution >= 0.6 is 0 Å². The molecule has 1 amide bonds. The zero-order valence-corrected chi connectivity index (χ0v) is 14.7. The summed E-state index contributed by atoms with van der Waals surface area (Å²) in [4.78, 5) is 12.1. The Morgan fingerprint density at radius 3 is 2.41 bits per heavy atom. The van der Waals surface area contributed by atoms with Crippen LogP contribution in [0.25, 0.3) is 6.08 Å². The van der Waals surface area contributed by atoms with Gasteiger partial charge in [0.15, 0.2) is 11.5 Å². The highest BCUT2D eigenvalue weighted by molar-refractivity contribution is 6.02. The Kier molecular flexibility index (Phi) is 6.43. The van der Waals surface area contributed by atoms with Crippen LogP contribution < -0.4 is 24.3 Å². The fourth-order valence-electron chi connectivity index (χ4n) is 2.50. The van der Waals surface area contributed by atoms with E-state index in [4.69, 9.17) is 9.47 Å². The van der Waals surface area contributed by atoms with Gasteiger partial charge >= 0.3 is 13.2 Å². The molecule has 0 unspecified atom stereocenters. The molecule has 1 N–H and O–H groups in total. The van der Waals surface area contributed by atoms with Gasteiger partial charge in [0.05, 0.1) is 0 Å². The van der Waals surface area contributed by atoms with Crippen molar-refractivity contribution in [1.29, 1.82) is 0 Å². The van der Waals surface area contributed by atoms with Gasteiger partial charge < -0.3 is 24.3 Å². The van der Waals surface area contributed by atoms with Crippen LogP contribution in [-0.2, 0) is 4.79 Å². The number of hydrogen-bond donors (Lipinski definition) is 1. The first kappa shape index (κ1) is 20.3. The lowest BCUT2D eigenvalue weighted by molar-refractivity contribution is -0.111. The molecule has 1 aliphatic heterocycles. The molecular weight excluding hydrogens is 398 g/mol. The zero-order valence-electron chi connectivity index (χ0n) is 14.7. The predicted molar refractivity (Wildman–Crippen MR) is 94.8 cm³/mol. The predicted octanol–water partition coefficient (Wildman–Crippen LogP) is 4.31. The van der Waals surface area contributed by atoms with E-state index in [1.165, 1.54) is 12.1 Å². The second-order valence-electron chi connectivity index (χ2n) is 5.64. The number of fused-ring (bicyclic) bond motifs is 1. The van der Waals surface area contributed by atoms with Crippen LogP contribution in [0.3, 0.4) is 0 Å². The fourth-order valence-corrected chi connectivity index (χ4v) is 2.50. The summed E-state index contributed by atoms with van der Waals surface area (Å²) in [5, 5.41) is 2.59. The number of carbonyl (C=O) groups excluding carboxylic acids is 1. The first-order valence-corrected chi connectivity index (χ1v) is 8.33. The summed E-state index contributed by atoms with van der Waals surface area (Å²) in [5.41, 5.74) is 0.512. The number of carbonyl (C=O) groups is 1. The van der Waals surface area contributed by atoms with E-state index in [-0.39, 0.29) is 11.3 Å². The monoisotopic (exact) mass is 413 g/mol. The van der Waals surface area contributed by atoms with Crippen molar-refractivity contribution in [2.24, 2.45) is 0 Å². The van der Waals surface area contributed by atoms with Crippen LogP contribution in [-0.4, -0.2) is 32.3 Å². The number of anilines is 1. The lowest BCUT2D eigenvalue weighted by Gasteiger charge is -2.18. The van der Waals surface area contributed by atoms with Crippen molar-refractivity contribution in [3.05, 3.63) is 48.0 Å². The molecule has 0 atom stereocenters. The lowest BCUT2D eigenvalue weighted by atomic mass is 10.1. The zero-order chi connectivity index (χ0) is 20.8. The smallest absolute Gasteiger partial charge is 0.387 e. The topological polar surface area (TPSA) is 66.0 Å². The quantitative estimate of drug-likeness (QED) is 0.541. The summed E-state index contributed by atoms with van der Waals surface area (Å²) < 4.78 is 69.0. The molecule has 0 spiro atoms. The van der Waals surface area contributed by atoms with E-state index in [9.17, 15) is 22.4 Å². The first-order valence-electron chi connectivity index (χ1n) is 8.33. The van der Waals surface area contributed by atoms with Gasteiger partial charge in [-0.05, 0) is 30.3 Å². The van der Waals surface area contributed by atoms with Crippen molar-refractivity contribution in [1.82, 2.24) is 0 Å². The molecule has 2 aromatic carbocycles. The lowest BCUT2D eigenvalue weighted by Crippen LogP contribution is -2.16. The number of ether oxygens (including phenoxy) is 4. The van der Waals surface area contributed by atoms with Crippen LogP contribution in [0.1, 0.15) is 5.56 Å². The van der Waals surface area contributed by atoms with Crippen molar-refractivity contribution in [3.63, 3.8) is 0 Å². The minimum Gasteiger partial charge on any atom is -0.486 e. The molecule has 3 rings (SSSR count). The average molecular weight is 413 g/mol. The summed E-state index contributed by atoms with van der Waals surface area (Å²) in [6.45, 7) is -5.48. The Labute approximate surface area is 162 Å². The van der Waals surface area contributed by atoms with Gasteiger partial charge in [0.2, 0.25) is 5.91 Å². The minimum absolute atomic E-state index is 0.0734. The fraction of sp³-hybridized carbons (Fsp3) is 0.211. The molecule has 1 aliphatic rings. The minimum atomic E-state index is -3.18. The molecule has 0 saturated heterocycles. The molecule has 2 aromatic rings. The van der Waals surface area contributed by atoms with Gasteiger partial charge in [0, 0.05) is 29.5 Å². The van der Waals surface area contributed by atoms with E-state index in [1.54, 1.807) is 18.2 Å². The summed E-state index contributed by atoms with van der Waals surface area (Å²) in [7, 11) is 0. The maximum absolute atomic E-state index is 12.6. The van der Waals surface area contributed by atoms with E-state index in [2.05, 4.69) is 14.8 Å². The molecule has 154 valence electrons. The summed E-state index contributed by atoms with van der Waals surface area (Å²) >= 11 is 0. The van der Waals surface area contributed by atoms with Crippen LogP contribution in [0.4, 0.5) is 23.2 Å². The van der Waals surface area contributed by atoms with Gasteiger partial charge in [0.1, 0.15) is 24.7 Å². The Bertz CT molecular complexity index is 904. The average Bonchev–Trinajstić information content (AvgIpc) is 2.66. The number of benzene rings is 2. The molecule has 0 bridgehead atoms. The number of hydrogen-bond acceptors (Lipinski definition) is 5. The van der Waals surface area contributed by atoms with Gasteiger partial charge in [-0.15, -0.1) is 0 Å². The Morgan fingerprint density at radius 1 is 0.966 bits per heavy atom. The second kappa shape index (κ2) is 9.18. The largest absolute Gasteiger partial charge is 0.486 e. The SMILES string of the molecule is O=C(/C=C/c1ccc(OC(F)F)cc1OC(F)F)Nc1ccc2c(c1)OCCO2. The van der Waals surface area contributed by atoms with Gasteiger partial charge in [-0.3, -0.25) is 4.79 Å². The molecule has 0 fully saturated rings. The molecule has 0 aliphatic carbocycles. The Balaban J connectivity index is 1.71. The molecule has 0 saturated carbocycles. The molecule has 6 nitrogen and oxygen atoms in total. The number of rotatable bonds is 7. The van der Waals surface area contributed by atoms with E-state index < -0.39 is 24.9 Å². The molecule has 0 aromatic heterocycles. The Hall–Kier alpha value is -3.43. The highest BCUT2D eigenvalue weighted by Crippen LogP contribution is 2.33. The summed E-state index contributed by atoms with van der Waals surface area (Å²) in [6.07, 6.45) is 2.29. The molecule has 29 heavy (non-hydrogen) atoms.